The fourth-order valence-corrected chi connectivity index (χ4v) is 4.56. The van der Waals surface area contributed by atoms with E-state index in [0.29, 0.717) is 31.2 Å². The minimum absolute atomic E-state index is 0.0163. The van der Waals surface area contributed by atoms with Gasteiger partial charge in [0.05, 0.1) is 16.5 Å². The van der Waals surface area contributed by atoms with E-state index in [4.69, 9.17) is 4.52 Å². The molecule has 0 aromatic carbocycles. The first-order chi connectivity index (χ1) is 10.1. The number of nitrogens with zero attached hydrogens (tertiary/aromatic N) is 3. The van der Waals surface area contributed by atoms with Crippen molar-refractivity contribution in [2.45, 2.75) is 25.7 Å². The van der Waals surface area contributed by atoms with Crippen molar-refractivity contribution in [3.8, 4) is 10.7 Å². The van der Waals surface area contributed by atoms with Crippen LogP contribution in [0.1, 0.15) is 31.6 Å². The van der Waals surface area contributed by atoms with Gasteiger partial charge in [-0.1, -0.05) is 24.6 Å². The smallest absolute Gasteiger partial charge is 0.232 e. The molecule has 21 heavy (non-hydrogen) atoms. The molecule has 114 valence electrons. The van der Waals surface area contributed by atoms with Crippen LogP contribution in [-0.4, -0.2) is 41.7 Å². The van der Waals surface area contributed by atoms with Crippen LogP contribution in [0.2, 0.25) is 0 Å². The molecule has 1 fully saturated rings. The van der Waals surface area contributed by atoms with Gasteiger partial charge in [0.15, 0.2) is 0 Å². The predicted octanol–water partition coefficient (Wildman–Crippen LogP) is 2.33. The van der Waals surface area contributed by atoms with Gasteiger partial charge in [0, 0.05) is 13.1 Å². The number of rotatable bonds is 6. The van der Waals surface area contributed by atoms with E-state index < -0.39 is 10.0 Å². The number of sulfonamides is 1. The molecule has 0 spiro atoms. The van der Waals surface area contributed by atoms with Crippen molar-refractivity contribution in [3.05, 3.63) is 23.4 Å². The molecule has 0 aliphatic carbocycles. The highest BCUT2D eigenvalue weighted by molar-refractivity contribution is 7.89. The summed E-state index contributed by atoms with van der Waals surface area (Å²) >= 11 is 1.55. The third-order valence-electron chi connectivity index (χ3n) is 3.53. The molecule has 3 heterocycles. The molecule has 0 radical (unpaired) electrons. The molecule has 6 nitrogen and oxygen atoms in total. The van der Waals surface area contributed by atoms with Crippen LogP contribution in [-0.2, 0) is 10.0 Å². The molecular formula is C13H17N3O3S2. The average Bonchev–Trinajstić information content (AvgIpc) is 3.04. The normalized spacial score (nSPS) is 17.0. The molecule has 2 aromatic rings. The largest absolute Gasteiger partial charge is 0.339 e. The van der Waals surface area contributed by atoms with E-state index in [0.717, 1.165) is 11.3 Å². The average molecular weight is 327 g/mol. The lowest BCUT2D eigenvalue weighted by Crippen LogP contribution is -2.49. The Morgan fingerprint density at radius 2 is 2.29 bits per heavy atom. The van der Waals surface area contributed by atoms with Gasteiger partial charge in [0.1, 0.15) is 0 Å². The maximum atomic E-state index is 12.0. The van der Waals surface area contributed by atoms with Crippen LogP contribution in [0.4, 0.5) is 0 Å². The van der Waals surface area contributed by atoms with Crippen molar-refractivity contribution < 1.29 is 12.9 Å². The summed E-state index contributed by atoms with van der Waals surface area (Å²) in [6.07, 6.45) is 1.58. The first-order valence-electron chi connectivity index (χ1n) is 6.95. The van der Waals surface area contributed by atoms with Crippen molar-refractivity contribution >= 4 is 21.4 Å². The molecule has 0 atom stereocenters. The molecule has 1 saturated heterocycles. The molecule has 1 aliphatic rings. The van der Waals surface area contributed by atoms with Crippen molar-refractivity contribution in [1.29, 1.82) is 0 Å². The first-order valence-corrected chi connectivity index (χ1v) is 9.44. The number of thiophene rings is 1. The Morgan fingerprint density at radius 1 is 1.48 bits per heavy atom. The summed E-state index contributed by atoms with van der Waals surface area (Å²) in [7, 11) is -3.12. The zero-order valence-corrected chi connectivity index (χ0v) is 13.4. The van der Waals surface area contributed by atoms with E-state index in [-0.39, 0.29) is 11.7 Å². The minimum atomic E-state index is -3.12. The third kappa shape index (κ3) is 3.02. The summed E-state index contributed by atoms with van der Waals surface area (Å²) in [5, 5.41) is 5.91. The zero-order valence-electron chi connectivity index (χ0n) is 11.7. The van der Waals surface area contributed by atoms with Crippen molar-refractivity contribution in [1.82, 2.24) is 14.4 Å². The van der Waals surface area contributed by atoms with Gasteiger partial charge in [-0.3, -0.25) is 0 Å². The summed E-state index contributed by atoms with van der Waals surface area (Å²) in [5.41, 5.74) is 0. The van der Waals surface area contributed by atoms with E-state index in [1.165, 1.54) is 4.31 Å². The summed E-state index contributed by atoms with van der Waals surface area (Å²) in [6, 6.07) is 3.86. The van der Waals surface area contributed by atoms with E-state index >= 15 is 0 Å². The van der Waals surface area contributed by atoms with Crippen molar-refractivity contribution in [3.63, 3.8) is 0 Å². The van der Waals surface area contributed by atoms with Crippen LogP contribution in [0, 0.1) is 0 Å². The summed E-state index contributed by atoms with van der Waals surface area (Å²) in [5.74, 6) is 1.34. The van der Waals surface area contributed by atoms with Crippen molar-refractivity contribution in [2.75, 3.05) is 18.8 Å². The summed E-state index contributed by atoms with van der Waals surface area (Å²) in [6.45, 7) is 2.87. The quantitative estimate of drug-likeness (QED) is 0.814. The molecule has 0 unspecified atom stereocenters. The fourth-order valence-electron chi connectivity index (χ4n) is 2.18. The van der Waals surface area contributed by atoms with E-state index in [1.807, 2.05) is 24.4 Å². The summed E-state index contributed by atoms with van der Waals surface area (Å²) in [4.78, 5) is 5.32. The first kappa shape index (κ1) is 14.7. The fraction of sp³-hybridized carbons (Fsp3) is 0.538. The van der Waals surface area contributed by atoms with Gasteiger partial charge in [0.25, 0.3) is 0 Å². The van der Waals surface area contributed by atoms with Crippen LogP contribution in [0.25, 0.3) is 10.7 Å². The highest BCUT2D eigenvalue weighted by atomic mass is 32.2. The number of hydrogen-bond donors (Lipinski definition) is 0. The Kier molecular flexibility index (Phi) is 4.10. The number of hydrogen-bond acceptors (Lipinski definition) is 6. The molecule has 0 bridgehead atoms. The van der Waals surface area contributed by atoms with Crippen LogP contribution < -0.4 is 0 Å². The van der Waals surface area contributed by atoms with Crippen molar-refractivity contribution in [2.24, 2.45) is 0 Å². The van der Waals surface area contributed by atoms with Gasteiger partial charge < -0.3 is 4.52 Å². The van der Waals surface area contributed by atoms with Crippen LogP contribution in [0.5, 0.6) is 0 Å². The van der Waals surface area contributed by atoms with Crippen LogP contribution in [0.15, 0.2) is 22.0 Å². The molecule has 0 amide bonds. The number of unbranched alkanes of at least 4 members (excludes halogenated alkanes) is 1. The van der Waals surface area contributed by atoms with Gasteiger partial charge in [-0.15, -0.1) is 11.3 Å². The molecule has 3 rings (SSSR count). The lowest BCUT2D eigenvalue weighted by atomic mass is 10.0. The molecule has 2 aromatic heterocycles. The van der Waals surface area contributed by atoms with Gasteiger partial charge in [-0.05, 0) is 17.9 Å². The molecule has 8 heteroatoms. The molecule has 0 N–H and O–H groups in total. The SMILES string of the molecule is CCCCS(=O)(=O)N1CC(c2nc(-c3cccs3)no2)C1. The second-order valence-electron chi connectivity index (χ2n) is 5.12. The van der Waals surface area contributed by atoms with Gasteiger partial charge in [-0.25, -0.2) is 12.7 Å². The Labute approximate surface area is 127 Å². The molecular weight excluding hydrogens is 310 g/mol. The topological polar surface area (TPSA) is 76.3 Å². The highest BCUT2D eigenvalue weighted by Crippen LogP contribution is 2.30. The van der Waals surface area contributed by atoms with E-state index in [9.17, 15) is 8.42 Å². The Hall–Kier alpha value is -1.25. The van der Waals surface area contributed by atoms with E-state index in [1.54, 1.807) is 11.3 Å². The minimum Gasteiger partial charge on any atom is -0.339 e. The maximum Gasteiger partial charge on any atom is 0.232 e. The van der Waals surface area contributed by atoms with Crippen LogP contribution in [0.3, 0.4) is 0 Å². The molecule has 1 aliphatic heterocycles. The lowest BCUT2D eigenvalue weighted by molar-refractivity contribution is 0.216. The maximum absolute atomic E-state index is 12.0. The monoisotopic (exact) mass is 327 g/mol. The standard InChI is InChI=1S/C13H17N3O3S2/c1-2-3-7-21(17,18)16-8-10(9-16)13-14-12(15-19-13)11-5-4-6-20-11/h4-6,10H,2-3,7-9H2,1H3. The second-order valence-corrected chi connectivity index (χ2v) is 8.15. The third-order valence-corrected chi connectivity index (χ3v) is 6.29. The van der Waals surface area contributed by atoms with E-state index in [2.05, 4.69) is 10.1 Å². The van der Waals surface area contributed by atoms with Gasteiger partial charge >= 0.3 is 0 Å². The zero-order chi connectivity index (χ0) is 14.9. The van der Waals surface area contributed by atoms with Gasteiger partial charge in [0.2, 0.25) is 21.7 Å². The highest BCUT2D eigenvalue weighted by Gasteiger charge is 2.39. The predicted molar refractivity (Wildman–Crippen MR) is 80.6 cm³/mol. The Bertz CT molecular complexity index is 688. The summed E-state index contributed by atoms with van der Waals surface area (Å²) < 4.78 is 30.8. The number of aromatic nitrogens is 2. The lowest BCUT2D eigenvalue weighted by Gasteiger charge is -2.35. The second kappa shape index (κ2) is 5.86. The van der Waals surface area contributed by atoms with Crippen LogP contribution >= 0.6 is 11.3 Å². The van der Waals surface area contributed by atoms with Gasteiger partial charge in [-0.2, -0.15) is 4.98 Å². The molecule has 0 saturated carbocycles. The Morgan fingerprint density at radius 3 is 2.95 bits per heavy atom. The Balaban J connectivity index is 1.62.